The number of nitrogens with zero attached hydrogens (tertiary/aromatic N) is 2. The zero-order valence-electron chi connectivity index (χ0n) is 13.0. The van der Waals surface area contributed by atoms with E-state index in [4.69, 9.17) is 21.9 Å². The lowest BCUT2D eigenvalue weighted by Gasteiger charge is -2.14. The van der Waals surface area contributed by atoms with Gasteiger partial charge in [0.05, 0.1) is 12.6 Å². The van der Waals surface area contributed by atoms with E-state index >= 15 is 0 Å². The largest absolute Gasteiger partial charge is 0.346 e. The average molecular weight is 359 g/mol. The van der Waals surface area contributed by atoms with Crippen molar-refractivity contribution in [3.63, 3.8) is 0 Å². The molecule has 0 radical (unpaired) electrons. The van der Waals surface area contributed by atoms with Gasteiger partial charge in [0, 0.05) is 11.4 Å². The van der Waals surface area contributed by atoms with Crippen molar-refractivity contribution in [1.82, 2.24) is 15.5 Å². The molecular formula is C15H20Cl2N4O2. The molecule has 0 saturated heterocycles. The maximum atomic E-state index is 11.8. The summed E-state index contributed by atoms with van der Waals surface area (Å²) < 4.78 is 5.11. The highest BCUT2D eigenvalue weighted by Gasteiger charge is 2.17. The smallest absolute Gasteiger partial charge is 0.246 e. The molecule has 6 nitrogen and oxygen atoms in total. The van der Waals surface area contributed by atoms with Gasteiger partial charge in [0.15, 0.2) is 5.82 Å². The van der Waals surface area contributed by atoms with Gasteiger partial charge in [0.25, 0.3) is 0 Å². The Balaban J connectivity index is 0.00000264. The molecule has 1 atom stereocenters. The number of halogens is 2. The highest BCUT2D eigenvalue weighted by molar-refractivity contribution is 6.31. The fourth-order valence-corrected chi connectivity index (χ4v) is 2.03. The highest BCUT2D eigenvalue weighted by Crippen LogP contribution is 2.17. The van der Waals surface area contributed by atoms with Crippen LogP contribution in [0.2, 0.25) is 5.02 Å². The first-order chi connectivity index (χ1) is 10.5. The topological polar surface area (TPSA) is 94.0 Å². The van der Waals surface area contributed by atoms with Gasteiger partial charge in [-0.3, -0.25) is 4.79 Å². The van der Waals surface area contributed by atoms with Crippen LogP contribution in [0.15, 0.2) is 28.8 Å². The molecule has 2 aromatic rings. The van der Waals surface area contributed by atoms with Crippen LogP contribution in [0.25, 0.3) is 0 Å². The number of amides is 1. The Labute approximate surface area is 146 Å². The predicted molar refractivity (Wildman–Crippen MR) is 90.5 cm³/mol. The summed E-state index contributed by atoms with van der Waals surface area (Å²) in [5.74, 6) is 0.691. The van der Waals surface area contributed by atoms with Gasteiger partial charge in [0.1, 0.15) is 0 Å². The van der Waals surface area contributed by atoms with Crippen LogP contribution >= 0.6 is 24.0 Å². The predicted octanol–water partition coefficient (Wildman–Crippen LogP) is 2.34. The second-order valence-electron chi connectivity index (χ2n) is 5.36. The third kappa shape index (κ3) is 5.49. The van der Waals surface area contributed by atoms with Crippen LogP contribution in [0.4, 0.5) is 0 Å². The number of benzene rings is 1. The van der Waals surface area contributed by atoms with Gasteiger partial charge in [-0.2, -0.15) is 4.98 Å². The van der Waals surface area contributed by atoms with E-state index in [2.05, 4.69) is 15.5 Å². The maximum absolute atomic E-state index is 11.8. The number of hydrogen-bond acceptors (Lipinski definition) is 5. The Bertz CT molecular complexity index is 646. The van der Waals surface area contributed by atoms with Gasteiger partial charge in [-0.15, -0.1) is 12.4 Å². The molecule has 1 amide bonds. The fourth-order valence-electron chi connectivity index (χ4n) is 1.83. The van der Waals surface area contributed by atoms with E-state index in [0.717, 1.165) is 5.56 Å². The highest BCUT2D eigenvalue weighted by atomic mass is 35.5. The minimum absolute atomic E-state index is 0. The average Bonchev–Trinajstić information content (AvgIpc) is 2.94. The first-order valence-corrected chi connectivity index (χ1v) is 7.43. The lowest BCUT2D eigenvalue weighted by Crippen LogP contribution is -2.43. The van der Waals surface area contributed by atoms with Crippen molar-refractivity contribution in [2.24, 2.45) is 11.7 Å². The molecule has 126 valence electrons. The summed E-state index contributed by atoms with van der Waals surface area (Å²) in [6, 6.07) is 6.93. The summed E-state index contributed by atoms with van der Waals surface area (Å²) >= 11 is 6.09. The molecule has 1 heterocycles. The minimum Gasteiger partial charge on any atom is -0.346 e. The van der Waals surface area contributed by atoms with Gasteiger partial charge in [-0.05, 0) is 17.5 Å². The van der Waals surface area contributed by atoms with Crippen molar-refractivity contribution in [1.29, 1.82) is 0 Å². The number of aromatic nitrogens is 2. The molecule has 0 aliphatic heterocycles. The molecule has 0 bridgehead atoms. The summed E-state index contributed by atoms with van der Waals surface area (Å²) in [6.45, 7) is 3.94. The molecule has 2 rings (SSSR count). The SMILES string of the molecule is CC(C)[C@H](N)C(=O)NCc1nc(Cc2ccccc2Cl)no1.Cl. The van der Waals surface area contributed by atoms with E-state index in [9.17, 15) is 4.79 Å². The fraction of sp³-hybridized carbons (Fsp3) is 0.400. The number of rotatable bonds is 6. The minimum atomic E-state index is -0.550. The first-order valence-electron chi connectivity index (χ1n) is 7.05. The van der Waals surface area contributed by atoms with Gasteiger partial charge in [0.2, 0.25) is 11.8 Å². The standard InChI is InChI=1S/C15H19ClN4O2.ClH/c1-9(2)14(17)15(21)18-8-13-19-12(20-22-13)7-10-5-3-4-6-11(10)16;/h3-6,9,14H,7-8,17H2,1-2H3,(H,18,21);1H/t14-;/m0./s1. The summed E-state index contributed by atoms with van der Waals surface area (Å²) in [5, 5.41) is 7.22. The number of carbonyl (C=O) groups is 1. The monoisotopic (exact) mass is 358 g/mol. The van der Waals surface area contributed by atoms with Crippen LogP contribution in [0, 0.1) is 5.92 Å². The van der Waals surface area contributed by atoms with Crippen molar-refractivity contribution < 1.29 is 9.32 Å². The molecule has 0 fully saturated rings. The zero-order chi connectivity index (χ0) is 16.1. The summed E-state index contributed by atoms with van der Waals surface area (Å²) in [6.07, 6.45) is 0.475. The van der Waals surface area contributed by atoms with Gasteiger partial charge in [-0.25, -0.2) is 0 Å². The van der Waals surface area contributed by atoms with Crippen LogP contribution in [-0.4, -0.2) is 22.1 Å². The number of carbonyl (C=O) groups excluding carboxylic acids is 1. The van der Waals surface area contributed by atoms with Crippen LogP contribution in [0.5, 0.6) is 0 Å². The number of hydrogen-bond donors (Lipinski definition) is 2. The molecule has 0 unspecified atom stereocenters. The molecule has 1 aromatic heterocycles. The van der Waals surface area contributed by atoms with Crippen LogP contribution in [0.3, 0.4) is 0 Å². The molecule has 3 N–H and O–H groups in total. The molecule has 23 heavy (non-hydrogen) atoms. The first kappa shape index (κ1) is 19.4. The number of nitrogens with one attached hydrogen (secondary N) is 1. The van der Waals surface area contributed by atoms with Gasteiger partial charge in [-0.1, -0.05) is 48.8 Å². The van der Waals surface area contributed by atoms with Crippen molar-refractivity contribution >= 4 is 29.9 Å². The molecule has 0 aliphatic rings. The van der Waals surface area contributed by atoms with E-state index in [1.165, 1.54) is 0 Å². The van der Waals surface area contributed by atoms with Gasteiger partial charge >= 0.3 is 0 Å². The zero-order valence-corrected chi connectivity index (χ0v) is 14.5. The van der Waals surface area contributed by atoms with Crippen LogP contribution in [0.1, 0.15) is 31.1 Å². The second-order valence-corrected chi connectivity index (χ2v) is 5.77. The van der Waals surface area contributed by atoms with Crippen LogP contribution in [-0.2, 0) is 17.8 Å². The Hall–Kier alpha value is -1.63. The molecule has 8 heteroatoms. The van der Waals surface area contributed by atoms with E-state index in [1.54, 1.807) is 0 Å². The van der Waals surface area contributed by atoms with Crippen molar-refractivity contribution in [2.45, 2.75) is 32.9 Å². The molecule has 1 aromatic carbocycles. The Kier molecular flexibility index (Phi) is 7.48. The van der Waals surface area contributed by atoms with E-state index in [1.807, 2.05) is 38.1 Å². The Morgan fingerprint density at radius 1 is 1.39 bits per heavy atom. The van der Waals surface area contributed by atoms with E-state index in [-0.39, 0.29) is 30.8 Å². The van der Waals surface area contributed by atoms with Crippen molar-refractivity contribution in [3.05, 3.63) is 46.6 Å². The quantitative estimate of drug-likeness (QED) is 0.826. The van der Waals surface area contributed by atoms with Crippen LogP contribution < -0.4 is 11.1 Å². The number of nitrogens with two attached hydrogens (primary N) is 1. The summed E-state index contributed by atoms with van der Waals surface area (Å²) in [4.78, 5) is 16.0. The lowest BCUT2D eigenvalue weighted by atomic mass is 10.1. The molecule has 0 aliphatic carbocycles. The molecule has 0 saturated carbocycles. The van der Waals surface area contributed by atoms with E-state index < -0.39 is 6.04 Å². The summed E-state index contributed by atoms with van der Waals surface area (Å²) in [5.41, 5.74) is 6.67. The van der Waals surface area contributed by atoms with Crippen molar-refractivity contribution in [2.75, 3.05) is 0 Å². The Morgan fingerprint density at radius 3 is 2.74 bits per heavy atom. The third-order valence-electron chi connectivity index (χ3n) is 3.25. The Morgan fingerprint density at radius 2 is 2.09 bits per heavy atom. The normalized spacial score (nSPS) is 11.9. The van der Waals surface area contributed by atoms with Crippen molar-refractivity contribution in [3.8, 4) is 0 Å². The van der Waals surface area contributed by atoms with Gasteiger partial charge < -0.3 is 15.6 Å². The molecule has 0 spiro atoms. The lowest BCUT2D eigenvalue weighted by molar-refractivity contribution is -0.123. The second kappa shape index (κ2) is 8.86. The summed E-state index contributed by atoms with van der Waals surface area (Å²) in [7, 11) is 0. The van der Waals surface area contributed by atoms with E-state index in [0.29, 0.717) is 23.2 Å². The third-order valence-corrected chi connectivity index (χ3v) is 3.62. The maximum Gasteiger partial charge on any atom is 0.246 e. The molecular weight excluding hydrogens is 339 g/mol.